The molecule has 2 heteroatoms. The van der Waals surface area contributed by atoms with Crippen LogP contribution in [0.1, 0.15) is 26.0 Å². The van der Waals surface area contributed by atoms with Gasteiger partial charge in [0.1, 0.15) is 0 Å². The molecule has 3 N–H and O–H groups in total. The van der Waals surface area contributed by atoms with Crippen LogP contribution in [0.3, 0.4) is 0 Å². The fourth-order valence-corrected chi connectivity index (χ4v) is 1.93. The van der Waals surface area contributed by atoms with Crippen LogP contribution in [-0.4, -0.2) is 11.5 Å². The van der Waals surface area contributed by atoms with Gasteiger partial charge in [0, 0.05) is 16.6 Å². The van der Waals surface area contributed by atoms with E-state index in [1.54, 1.807) is 0 Å². The van der Waals surface area contributed by atoms with Gasteiger partial charge in [0.25, 0.3) is 0 Å². The molecule has 15 heavy (non-hydrogen) atoms. The molecule has 0 unspecified atom stereocenters. The fourth-order valence-electron chi connectivity index (χ4n) is 1.93. The molecule has 0 aliphatic rings. The smallest absolute Gasteiger partial charge is 0.0456 e. The molecule has 0 fully saturated rings. The largest absolute Gasteiger partial charge is 0.358 e. The van der Waals surface area contributed by atoms with E-state index in [9.17, 15) is 0 Å². The van der Waals surface area contributed by atoms with Crippen LogP contribution < -0.4 is 5.73 Å². The molecule has 0 bridgehead atoms. The molecular formula is C13H18N2. The van der Waals surface area contributed by atoms with Gasteiger partial charge < -0.3 is 10.7 Å². The van der Waals surface area contributed by atoms with E-state index in [-0.39, 0.29) is 5.41 Å². The summed E-state index contributed by atoms with van der Waals surface area (Å²) in [7, 11) is 0. The van der Waals surface area contributed by atoms with E-state index in [0.717, 1.165) is 13.0 Å². The Morgan fingerprint density at radius 3 is 2.67 bits per heavy atom. The third-order valence-corrected chi connectivity index (χ3v) is 3.03. The van der Waals surface area contributed by atoms with Crippen molar-refractivity contribution < 1.29 is 0 Å². The van der Waals surface area contributed by atoms with Crippen molar-refractivity contribution in [1.82, 2.24) is 4.98 Å². The van der Waals surface area contributed by atoms with Crippen molar-refractivity contribution in [2.24, 2.45) is 5.73 Å². The molecule has 0 radical (unpaired) electrons. The van der Waals surface area contributed by atoms with Crippen molar-refractivity contribution >= 4 is 10.9 Å². The normalized spacial score (nSPS) is 12.2. The van der Waals surface area contributed by atoms with Crippen LogP contribution in [0.4, 0.5) is 0 Å². The summed E-state index contributed by atoms with van der Waals surface area (Å²) in [6, 6.07) is 10.6. The van der Waals surface area contributed by atoms with E-state index < -0.39 is 0 Å². The van der Waals surface area contributed by atoms with Gasteiger partial charge in [-0.15, -0.1) is 0 Å². The predicted octanol–water partition coefficient (Wildman–Crippen LogP) is 2.79. The minimum Gasteiger partial charge on any atom is -0.358 e. The van der Waals surface area contributed by atoms with Gasteiger partial charge in [0.05, 0.1) is 0 Å². The highest BCUT2D eigenvalue weighted by Gasteiger charge is 2.21. The number of nitrogens with two attached hydrogens (primary N) is 1. The summed E-state index contributed by atoms with van der Waals surface area (Å²) in [5.41, 5.74) is 8.24. The topological polar surface area (TPSA) is 41.8 Å². The molecule has 2 aromatic rings. The number of hydrogen-bond acceptors (Lipinski definition) is 1. The highest BCUT2D eigenvalue weighted by Crippen LogP contribution is 2.28. The number of nitrogens with one attached hydrogen (secondary N) is 1. The van der Waals surface area contributed by atoms with Gasteiger partial charge in [0.15, 0.2) is 0 Å². The van der Waals surface area contributed by atoms with E-state index in [2.05, 4.69) is 49.2 Å². The van der Waals surface area contributed by atoms with Gasteiger partial charge in [0.2, 0.25) is 0 Å². The van der Waals surface area contributed by atoms with Crippen molar-refractivity contribution in [1.29, 1.82) is 0 Å². The van der Waals surface area contributed by atoms with Crippen LogP contribution in [0.15, 0.2) is 30.3 Å². The Labute approximate surface area is 90.5 Å². The fraction of sp³-hybridized carbons (Fsp3) is 0.385. The highest BCUT2D eigenvalue weighted by molar-refractivity contribution is 5.80. The first-order valence-electron chi connectivity index (χ1n) is 5.42. The van der Waals surface area contributed by atoms with E-state index in [1.165, 1.54) is 16.6 Å². The molecular weight excluding hydrogens is 184 g/mol. The van der Waals surface area contributed by atoms with Crippen LogP contribution in [0.5, 0.6) is 0 Å². The maximum Gasteiger partial charge on any atom is 0.0456 e. The number of rotatable bonds is 3. The predicted molar refractivity (Wildman–Crippen MR) is 65.0 cm³/mol. The van der Waals surface area contributed by atoms with E-state index in [0.29, 0.717) is 0 Å². The van der Waals surface area contributed by atoms with Crippen molar-refractivity contribution in [3.05, 3.63) is 36.0 Å². The Morgan fingerprint density at radius 2 is 2.00 bits per heavy atom. The maximum atomic E-state index is 5.63. The Hall–Kier alpha value is -1.28. The summed E-state index contributed by atoms with van der Waals surface area (Å²) in [5, 5.41) is 1.28. The maximum absolute atomic E-state index is 5.63. The summed E-state index contributed by atoms with van der Waals surface area (Å²) in [6.07, 6.45) is 1.000. The average molecular weight is 202 g/mol. The Balaban J connectivity index is 2.44. The highest BCUT2D eigenvalue weighted by atomic mass is 14.7. The third kappa shape index (κ3) is 1.90. The van der Waals surface area contributed by atoms with E-state index >= 15 is 0 Å². The SMILES string of the molecule is CC(C)(CCN)c1cc2ccccc2[nH]1. The molecule has 1 heterocycles. The molecule has 1 aromatic carbocycles. The van der Waals surface area contributed by atoms with Gasteiger partial charge in [-0.3, -0.25) is 0 Å². The molecule has 0 saturated heterocycles. The summed E-state index contributed by atoms with van der Waals surface area (Å²) in [6.45, 7) is 5.18. The van der Waals surface area contributed by atoms with Crippen molar-refractivity contribution in [3.63, 3.8) is 0 Å². The van der Waals surface area contributed by atoms with E-state index in [1.807, 2.05) is 0 Å². The molecule has 80 valence electrons. The third-order valence-electron chi connectivity index (χ3n) is 3.03. The molecule has 0 spiro atoms. The second-order valence-corrected chi connectivity index (χ2v) is 4.69. The molecule has 0 aliphatic heterocycles. The zero-order valence-corrected chi connectivity index (χ0v) is 9.38. The van der Waals surface area contributed by atoms with Crippen LogP contribution in [0.25, 0.3) is 10.9 Å². The molecule has 0 atom stereocenters. The zero-order valence-electron chi connectivity index (χ0n) is 9.38. The number of para-hydroxylation sites is 1. The lowest BCUT2D eigenvalue weighted by Gasteiger charge is -2.22. The number of aromatic amines is 1. The molecule has 0 aliphatic carbocycles. The summed E-state index contributed by atoms with van der Waals surface area (Å²) >= 11 is 0. The van der Waals surface area contributed by atoms with Gasteiger partial charge in [-0.25, -0.2) is 0 Å². The lowest BCUT2D eigenvalue weighted by molar-refractivity contribution is 0.476. The summed E-state index contributed by atoms with van der Waals surface area (Å²) in [5.74, 6) is 0. The second-order valence-electron chi connectivity index (χ2n) is 4.69. The molecule has 0 saturated carbocycles. The number of H-pyrrole nitrogens is 1. The molecule has 2 rings (SSSR count). The lowest BCUT2D eigenvalue weighted by atomic mass is 9.86. The molecule has 1 aromatic heterocycles. The Kier molecular flexibility index (Phi) is 2.53. The van der Waals surface area contributed by atoms with Gasteiger partial charge >= 0.3 is 0 Å². The molecule has 0 amide bonds. The van der Waals surface area contributed by atoms with Gasteiger partial charge in [-0.05, 0) is 30.5 Å². The standard InChI is InChI=1S/C13H18N2/c1-13(2,7-8-14)12-9-10-5-3-4-6-11(10)15-12/h3-6,9,15H,7-8,14H2,1-2H3. The lowest BCUT2D eigenvalue weighted by Crippen LogP contribution is -2.21. The number of benzene rings is 1. The number of hydrogen-bond donors (Lipinski definition) is 2. The van der Waals surface area contributed by atoms with Crippen LogP contribution in [0, 0.1) is 0 Å². The zero-order chi connectivity index (χ0) is 10.9. The first-order chi connectivity index (χ1) is 7.13. The monoisotopic (exact) mass is 202 g/mol. The number of aromatic nitrogens is 1. The van der Waals surface area contributed by atoms with Gasteiger partial charge in [-0.1, -0.05) is 32.0 Å². The van der Waals surface area contributed by atoms with Crippen molar-refractivity contribution in [3.8, 4) is 0 Å². The van der Waals surface area contributed by atoms with Crippen LogP contribution in [-0.2, 0) is 5.41 Å². The van der Waals surface area contributed by atoms with Crippen molar-refractivity contribution in [2.45, 2.75) is 25.7 Å². The van der Waals surface area contributed by atoms with Crippen LogP contribution >= 0.6 is 0 Å². The average Bonchev–Trinajstić information content (AvgIpc) is 2.61. The summed E-state index contributed by atoms with van der Waals surface area (Å²) in [4.78, 5) is 3.47. The minimum absolute atomic E-state index is 0.133. The van der Waals surface area contributed by atoms with Crippen molar-refractivity contribution in [2.75, 3.05) is 6.54 Å². The Bertz CT molecular complexity index is 421. The van der Waals surface area contributed by atoms with E-state index in [4.69, 9.17) is 5.73 Å². The Morgan fingerprint density at radius 1 is 1.27 bits per heavy atom. The number of fused-ring (bicyclic) bond motifs is 1. The minimum atomic E-state index is 0.133. The molecule has 2 nitrogen and oxygen atoms in total. The van der Waals surface area contributed by atoms with Crippen LogP contribution in [0.2, 0.25) is 0 Å². The second kappa shape index (κ2) is 3.70. The first kappa shape index (κ1) is 10.2. The summed E-state index contributed by atoms with van der Waals surface area (Å²) < 4.78 is 0. The first-order valence-corrected chi connectivity index (χ1v) is 5.42. The quantitative estimate of drug-likeness (QED) is 0.789. The van der Waals surface area contributed by atoms with Gasteiger partial charge in [-0.2, -0.15) is 0 Å².